The molecule has 1 aliphatic carbocycles. The van der Waals surface area contributed by atoms with Gasteiger partial charge in [0.2, 0.25) is 0 Å². The summed E-state index contributed by atoms with van der Waals surface area (Å²) in [6, 6.07) is 7.96. The summed E-state index contributed by atoms with van der Waals surface area (Å²) in [5.41, 5.74) is 3.40. The van der Waals surface area contributed by atoms with E-state index in [0.29, 0.717) is 12.2 Å². The van der Waals surface area contributed by atoms with E-state index < -0.39 is 0 Å². The SMILES string of the molecule is CC1Cc2cc(Nc3ccncn3)ccc2CC1=O. The molecule has 0 radical (unpaired) electrons. The van der Waals surface area contributed by atoms with Crippen molar-refractivity contribution in [2.24, 2.45) is 5.92 Å². The molecule has 96 valence electrons. The first kappa shape index (κ1) is 11.8. The van der Waals surface area contributed by atoms with Crippen LogP contribution in [0.25, 0.3) is 0 Å². The molecule has 0 aliphatic heterocycles. The number of anilines is 2. The van der Waals surface area contributed by atoms with Crippen LogP contribution < -0.4 is 5.32 Å². The minimum atomic E-state index is 0.127. The van der Waals surface area contributed by atoms with Crippen molar-refractivity contribution in [2.45, 2.75) is 19.8 Å². The van der Waals surface area contributed by atoms with Gasteiger partial charge >= 0.3 is 0 Å². The maximum atomic E-state index is 11.7. The number of aromatic nitrogens is 2. The van der Waals surface area contributed by atoms with E-state index in [0.717, 1.165) is 23.5 Å². The van der Waals surface area contributed by atoms with E-state index >= 15 is 0 Å². The molecular formula is C15H15N3O. The highest BCUT2D eigenvalue weighted by atomic mass is 16.1. The molecule has 1 aromatic heterocycles. The van der Waals surface area contributed by atoms with Crippen LogP contribution in [0, 0.1) is 5.92 Å². The van der Waals surface area contributed by atoms with Gasteiger partial charge in [0.25, 0.3) is 0 Å². The summed E-state index contributed by atoms with van der Waals surface area (Å²) >= 11 is 0. The number of fused-ring (bicyclic) bond motifs is 1. The van der Waals surface area contributed by atoms with Gasteiger partial charge in [-0.25, -0.2) is 9.97 Å². The van der Waals surface area contributed by atoms with Crippen LogP contribution in [0.1, 0.15) is 18.1 Å². The number of hydrogen-bond donors (Lipinski definition) is 1. The number of carbonyl (C=O) groups excluding carboxylic acids is 1. The van der Waals surface area contributed by atoms with E-state index in [1.54, 1.807) is 6.20 Å². The van der Waals surface area contributed by atoms with E-state index in [-0.39, 0.29) is 5.92 Å². The summed E-state index contributed by atoms with van der Waals surface area (Å²) in [5.74, 6) is 1.24. The van der Waals surface area contributed by atoms with Crippen molar-refractivity contribution in [1.29, 1.82) is 0 Å². The summed E-state index contributed by atoms with van der Waals surface area (Å²) in [5, 5.41) is 3.24. The molecule has 1 aromatic carbocycles. The topological polar surface area (TPSA) is 54.9 Å². The molecule has 1 unspecified atom stereocenters. The first-order chi connectivity index (χ1) is 9.22. The monoisotopic (exact) mass is 253 g/mol. The largest absolute Gasteiger partial charge is 0.340 e. The van der Waals surface area contributed by atoms with E-state index in [9.17, 15) is 4.79 Å². The predicted molar refractivity (Wildman–Crippen MR) is 73.3 cm³/mol. The molecule has 0 amide bonds. The van der Waals surface area contributed by atoms with Crippen molar-refractivity contribution in [2.75, 3.05) is 5.32 Å². The van der Waals surface area contributed by atoms with Crippen molar-refractivity contribution in [3.05, 3.63) is 47.9 Å². The normalized spacial score (nSPS) is 17.9. The highest BCUT2D eigenvalue weighted by molar-refractivity contribution is 5.85. The molecule has 0 fully saturated rings. The van der Waals surface area contributed by atoms with Crippen LogP contribution in [0.4, 0.5) is 11.5 Å². The second kappa shape index (κ2) is 4.80. The van der Waals surface area contributed by atoms with Crippen molar-refractivity contribution in [3.8, 4) is 0 Å². The Morgan fingerprint density at radius 3 is 2.95 bits per heavy atom. The van der Waals surface area contributed by atoms with Gasteiger partial charge in [-0.1, -0.05) is 13.0 Å². The molecule has 4 nitrogen and oxygen atoms in total. The predicted octanol–water partition coefficient (Wildman–Crippen LogP) is 2.52. The van der Waals surface area contributed by atoms with Gasteiger partial charge < -0.3 is 5.32 Å². The fraction of sp³-hybridized carbons (Fsp3) is 0.267. The lowest BCUT2D eigenvalue weighted by Gasteiger charge is -2.21. The smallest absolute Gasteiger partial charge is 0.140 e. The third kappa shape index (κ3) is 2.47. The number of nitrogens with zero attached hydrogens (tertiary/aromatic N) is 2. The number of rotatable bonds is 2. The van der Waals surface area contributed by atoms with Crippen LogP contribution in [-0.2, 0) is 17.6 Å². The van der Waals surface area contributed by atoms with E-state index in [4.69, 9.17) is 0 Å². The van der Waals surface area contributed by atoms with Gasteiger partial charge in [-0.2, -0.15) is 0 Å². The minimum absolute atomic E-state index is 0.127. The van der Waals surface area contributed by atoms with Gasteiger partial charge in [0.05, 0.1) is 0 Å². The highest BCUT2D eigenvalue weighted by Crippen LogP contribution is 2.26. The summed E-state index contributed by atoms with van der Waals surface area (Å²) in [6.07, 6.45) is 4.60. The zero-order valence-electron chi connectivity index (χ0n) is 10.8. The zero-order valence-corrected chi connectivity index (χ0v) is 10.8. The van der Waals surface area contributed by atoms with Crippen LogP contribution in [0.2, 0.25) is 0 Å². The van der Waals surface area contributed by atoms with Gasteiger partial charge in [0, 0.05) is 24.2 Å². The lowest BCUT2D eigenvalue weighted by atomic mass is 9.84. The van der Waals surface area contributed by atoms with Crippen LogP contribution in [-0.4, -0.2) is 15.8 Å². The Morgan fingerprint density at radius 2 is 2.16 bits per heavy atom. The number of Topliss-reactive ketones (excluding diaryl/α,β-unsaturated/α-hetero) is 1. The molecule has 0 spiro atoms. The summed E-state index contributed by atoms with van der Waals surface area (Å²) < 4.78 is 0. The number of hydrogen-bond acceptors (Lipinski definition) is 4. The fourth-order valence-corrected chi connectivity index (χ4v) is 2.38. The maximum Gasteiger partial charge on any atom is 0.140 e. The van der Waals surface area contributed by atoms with Crippen molar-refractivity contribution >= 4 is 17.3 Å². The average Bonchev–Trinajstić information content (AvgIpc) is 2.42. The Morgan fingerprint density at radius 1 is 1.26 bits per heavy atom. The third-order valence-electron chi connectivity index (χ3n) is 3.50. The van der Waals surface area contributed by atoms with E-state index in [1.807, 2.05) is 25.1 Å². The first-order valence-corrected chi connectivity index (χ1v) is 6.40. The van der Waals surface area contributed by atoms with Crippen LogP contribution in [0.15, 0.2) is 36.8 Å². The van der Waals surface area contributed by atoms with Crippen molar-refractivity contribution in [3.63, 3.8) is 0 Å². The number of benzene rings is 1. The molecule has 2 aromatic rings. The molecule has 0 saturated heterocycles. The molecule has 1 atom stereocenters. The molecule has 3 rings (SSSR count). The van der Waals surface area contributed by atoms with Crippen molar-refractivity contribution in [1.82, 2.24) is 9.97 Å². The van der Waals surface area contributed by atoms with Crippen LogP contribution in [0.3, 0.4) is 0 Å². The average molecular weight is 253 g/mol. The second-order valence-corrected chi connectivity index (χ2v) is 4.95. The Hall–Kier alpha value is -2.23. The number of ketones is 1. The highest BCUT2D eigenvalue weighted by Gasteiger charge is 2.22. The second-order valence-electron chi connectivity index (χ2n) is 4.95. The lowest BCUT2D eigenvalue weighted by Crippen LogP contribution is -2.22. The summed E-state index contributed by atoms with van der Waals surface area (Å²) in [4.78, 5) is 19.7. The van der Waals surface area contributed by atoms with E-state index in [2.05, 4.69) is 21.4 Å². The molecule has 1 heterocycles. The quantitative estimate of drug-likeness (QED) is 0.893. The maximum absolute atomic E-state index is 11.7. The van der Waals surface area contributed by atoms with Gasteiger partial charge in [0.15, 0.2) is 0 Å². The van der Waals surface area contributed by atoms with E-state index in [1.165, 1.54) is 11.9 Å². The number of nitrogens with one attached hydrogen (secondary N) is 1. The van der Waals surface area contributed by atoms with Gasteiger partial charge in [-0.05, 0) is 35.7 Å². The first-order valence-electron chi connectivity index (χ1n) is 6.40. The van der Waals surface area contributed by atoms with Crippen molar-refractivity contribution < 1.29 is 4.79 Å². The molecule has 4 heteroatoms. The van der Waals surface area contributed by atoms with Gasteiger partial charge in [0.1, 0.15) is 17.9 Å². The lowest BCUT2D eigenvalue weighted by molar-refractivity contribution is -0.122. The molecule has 1 aliphatic rings. The Labute approximate surface area is 111 Å². The Bertz CT molecular complexity index is 610. The molecule has 0 bridgehead atoms. The molecule has 1 N–H and O–H groups in total. The number of carbonyl (C=O) groups is 1. The standard InChI is InChI=1S/C15H15N3O/c1-10-6-12-7-13(3-2-11(12)8-14(10)19)18-15-4-5-16-9-17-15/h2-5,7,9-10H,6,8H2,1H3,(H,16,17,18). The molecule has 0 saturated carbocycles. The third-order valence-corrected chi connectivity index (χ3v) is 3.50. The summed E-state index contributed by atoms with van der Waals surface area (Å²) in [6.45, 7) is 2.00. The van der Waals surface area contributed by atoms with Gasteiger partial charge in [-0.3, -0.25) is 4.79 Å². The molecule has 19 heavy (non-hydrogen) atoms. The minimum Gasteiger partial charge on any atom is -0.340 e. The van der Waals surface area contributed by atoms with Crippen LogP contribution in [0.5, 0.6) is 0 Å². The molecular weight excluding hydrogens is 238 g/mol. The zero-order chi connectivity index (χ0) is 13.2. The Balaban J connectivity index is 1.86. The van der Waals surface area contributed by atoms with Crippen LogP contribution >= 0.6 is 0 Å². The van der Waals surface area contributed by atoms with Gasteiger partial charge in [-0.15, -0.1) is 0 Å². The summed E-state index contributed by atoms with van der Waals surface area (Å²) in [7, 11) is 0. The fourth-order valence-electron chi connectivity index (χ4n) is 2.38. The Kier molecular flexibility index (Phi) is 2.99.